The molecule has 23 heavy (non-hydrogen) atoms. The first kappa shape index (κ1) is 17.2. The Labute approximate surface area is 136 Å². The molecule has 0 atom stereocenters. The highest BCUT2D eigenvalue weighted by atomic mass is 32.2. The summed E-state index contributed by atoms with van der Waals surface area (Å²) >= 11 is 0. The maximum atomic E-state index is 12.3. The van der Waals surface area contributed by atoms with Gasteiger partial charge in [0.05, 0.1) is 4.90 Å². The second-order valence-electron chi connectivity index (χ2n) is 5.29. The minimum atomic E-state index is -3.57. The summed E-state index contributed by atoms with van der Waals surface area (Å²) in [5.41, 5.74) is 2.26. The number of amides is 1. The number of sulfonamides is 1. The summed E-state index contributed by atoms with van der Waals surface area (Å²) in [5, 5.41) is 2.68. The largest absolute Gasteiger partial charge is 0.351 e. The second kappa shape index (κ2) is 7.39. The molecule has 122 valence electrons. The van der Waals surface area contributed by atoms with E-state index in [2.05, 4.69) is 10.0 Å². The van der Waals surface area contributed by atoms with E-state index in [1.807, 2.05) is 19.1 Å². The molecule has 2 rings (SSSR count). The number of nitrogens with one attached hydrogen (secondary N) is 2. The SMILES string of the molecule is Cc1ccc(S(=O)(=O)NCCNC(=O)c2ccccc2)c(C)c1. The summed E-state index contributed by atoms with van der Waals surface area (Å²) in [6, 6.07) is 14.0. The van der Waals surface area contributed by atoms with E-state index in [4.69, 9.17) is 0 Å². The van der Waals surface area contributed by atoms with Crippen molar-refractivity contribution in [3.05, 3.63) is 65.2 Å². The van der Waals surface area contributed by atoms with Crippen LogP contribution in [-0.4, -0.2) is 27.4 Å². The van der Waals surface area contributed by atoms with Crippen molar-refractivity contribution in [3.63, 3.8) is 0 Å². The Kier molecular flexibility index (Phi) is 5.52. The van der Waals surface area contributed by atoms with Crippen LogP contribution in [0.1, 0.15) is 21.5 Å². The zero-order chi connectivity index (χ0) is 16.9. The first-order valence-electron chi connectivity index (χ1n) is 7.30. The van der Waals surface area contributed by atoms with Crippen LogP contribution < -0.4 is 10.0 Å². The molecular weight excluding hydrogens is 312 g/mol. The van der Waals surface area contributed by atoms with Crippen LogP contribution in [0.15, 0.2) is 53.4 Å². The molecule has 2 aromatic carbocycles. The molecule has 0 unspecified atom stereocenters. The fraction of sp³-hybridized carbons (Fsp3) is 0.235. The van der Waals surface area contributed by atoms with Crippen LogP contribution in [0.2, 0.25) is 0 Å². The first-order valence-corrected chi connectivity index (χ1v) is 8.78. The number of aryl methyl sites for hydroxylation is 2. The van der Waals surface area contributed by atoms with Gasteiger partial charge in [-0.05, 0) is 37.6 Å². The Balaban J connectivity index is 1.89. The molecule has 0 saturated heterocycles. The van der Waals surface area contributed by atoms with Crippen molar-refractivity contribution >= 4 is 15.9 Å². The quantitative estimate of drug-likeness (QED) is 0.795. The van der Waals surface area contributed by atoms with Gasteiger partial charge >= 0.3 is 0 Å². The van der Waals surface area contributed by atoms with Crippen molar-refractivity contribution < 1.29 is 13.2 Å². The number of rotatable bonds is 6. The molecular formula is C17H20N2O3S. The summed E-state index contributed by atoms with van der Waals surface area (Å²) in [6.45, 7) is 4.03. The van der Waals surface area contributed by atoms with Crippen LogP contribution in [0.5, 0.6) is 0 Å². The number of carbonyl (C=O) groups is 1. The second-order valence-corrected chi connectivity index (χ2v) is 7.02. The minimum absolute atomic E-state index is 0.133. The lowest BCUT2D eigenvalue weighted by Gasteiger charge is -2.10. The summed E-state index contributed by atoms with van der Waals surface area (Å²) in [7, 11) is -3.57. The predicted octanol–water partition coefficient (Wildman–Crippen LogP) is 2.01. The smallest absolute Gasteiger partial charge is 0.251 e. The van der Waals surface area contributed by atoms with Crippen LogP contribution >= 0.6 is 0 Å². The number of hydrogen-bond acceptors (Lipinski definition) is 3. The molecule has 2 N–H and O–H groups in total. The Bertz CT molecular complexity index is 787. The molecule has 1 amide bonds. The Morgan fingerprint density at radius 1 is 1.00 bits per heavy atom. The topological polar surface area (TPSA) is 75.3 Å². The van der Waals surface area contributed by atoms with Gasteiger partial charge in [-0.2, -0.15) is 0 Å². The molecule has 5 nitrogen and oxygen atoms in total. The molecule has 0 aliphatic carbocycles. The molecule has 6 heteroatoms. The average Bonchev–Trinajstić information content (AvgIpc) is 2.52. The third kappa shape index (κ3) is 4.64. The molecule has 0 spiro atoms. The fourth-order valence-corrected chi connectivity index (χ4v) is 3.49. The van der Waals surface area contributed by atoms with E-state index in [1.165, 1.54) is 0 Å². The lowest BCUT2D eigenvalue weighted by Crippen LogP contribution is -2.34. The van der Waals surface area contributed by atoms with E-state index in [1.54, 1.807) is 43.3 Å². The van der Waals surface area contributed by atoms with Crippen LogP contribution in [0.25, 0.3) is 0 Å². The van der Waals surface area contributed by atoms with Crippen molar-refractivity contribution in [1.82, 2.24) is 10.0 Å². The molecule has 0 bridgehead atoms. The maximum absolute atomic E-state index is 12.3. The normalized spacial score (nSPS) is 11.2. The maximum Gasteiger partial charge on any atom is 0.251 e. The van der Waals surface area contributed by atoms with Gasteiger partial charge < -0.3 is 5.32 Å². The molecule has 2 aromatic rings. The third-order valence-electron chi connectivity index (χ3n) is 3.36. The zero-order valence-corrected chi connectivity index (χ0v) is 14.0. The van der Waals surface area contributed by atoms with E-state index in [0.29, 0.717) is 11.1 Å². The van der Waals surface area contributed by atoms with Gasteiger partial charge in [0.1, 0.15) is 0 Å². The van der Waals surface area contributed by atoms with Crippen molar-refractivity contribution in [2.24, 2.45) is 0 Å². The highest BCUT2D eigenvalue weighted by Gasteiger charge is 2.16. The summed E-state index contributed by atoms with van der Waals surface area (Å²) in [5.74, 6) is -0.226. The molecule has 0 aliphatic rings. The zero-order valence-electron chi connectivity index (χ0n) is 13.2. The molecule has 0 saturated carbocycles. The number of carbonyl (C=O) groups excluding carboxylic acids is 1. The predicted molar refractivity (Wildman–Crippen MR) is 89.9 cm³/mol. The van der Waals surface area contributed by atoms with E-state index in [0.717, 1.165) is 5.56 Å². The van der Waals surface area contributed by atoms with Gasteiger partial charge in [0.15, 0.2) is 0 Å². The van der Waals surface area contributed by atoms with Crippen molar-refractivity contribution in [1.29, 1.82) is 0 Å². The average molecular weight is 332 g/mol. The molecule has 0 fully saturated rings. The van der Waals surface area contributed by atoms with E-state index < -0.39 is 10.0 Å². The summed E-state index contributed by atoms with van der Waals surface area (Å²) < 4.78 is 27.0. The van der Waals surface area contributed by atoms with Crippen molar-refractivity contribution in [2.75, 3.05) is 13.1 Å². The molecule has 0 aliphatic heterocycles. The van der Waals surface area contributed by atoms with Gasteiger partial charge in [-0.15, -0.1) is 0 Å². The van der Waals surface area contributed by atoms with Gasteiger partial charge in [-0.1, -0.05) is 35.9 Å². The van der Waals surface area contributed by atoms with Gasteiger partial charge in [-0.3, -0.25) is 4.79 Å². The van der Waals surface area contributed by atoms with E-state index >= 15 is 0 Å². The molecule has 0 heterocycles. The van der Waals surface area contributed by atoms with Crippen molar-refractivity contribution in [2.45, 2.75) is 18.7 Å². The van der Waals surface area contributed by atoms with Gasteiger partial charge in [-0.25, -0.2) is 13.1 Å². The first-order chi connectivity index (χ1) is 10.9. The standard InChI is InChI=1S/C17H20N2O3S/c1-13-8-9-16(14(2)12-13)23(21,22)19-11-10-18-17(20)15-6-4-3-5-7-15/h3-9,12,19H,10-11H2,1-2H3,(H,18,20). The lowest BCUT2D eigenvalue weighted by atomic mass is 10.2. The minimum Gasteiger partial charge on any atom is -0.351 e. The Morgan fingerprint density at radius 2 is 1.70 bits per heavy atom. The van der Waals surface area contributed by atoms with Crippen LogP contribution in [-0.2, 0) is 10.0 Å². The van der Waals surface area contributed by atoms with Crippen LogP contribution in [0.4, 0.5) is 0 Å². The van der Waals surface area contributed by atoms with E-state index in [9.17, 15) is 13.2 Å². The number of hydrogen-bond donors (Lipinski definition) is 2. The highest BCUT2D eigenvalue weighted by Crippen LogP contribution is 2.15. The molecule has 0 radical (unpaired) electrons. The monoisotopic (exact) mass is 332 g/mol. The van der Waals surface area contributed by atoms with Crippen LogP contribution in [0, 0.1) is 13.8 Å². The Morgan fingerprint density at radius 3 is 2.35 bits per heavy atom. The number of benzene rings is 2. The van der Waals surface area contributed by atoms with Gasteiger partial charge in [0, 0.05) is 18.7 Å². The van der Waals surface area contributed by atoms with E-state index in [-0.39, 0.29) is 23.9 Å². The lowest BCUT2D eigenvalue weighted by molar-refractivity contribution is 0.0954. The van der Waals surface area contributed by atoms with Gasteiger partial charge in [0.2, 0.25) is 10.0 Å². The highest BCUT2D eigenvalue weighted by molar-refractivity contribution is 7.89. The summed E-state index contributed by atoms with van der Waals surface area (Å²) in [6.07, 6.45) is 0. The van der Waals surface area contributed by atoms with Crippen LogP contribution in [0.3, 0.4) is 0 Å². The Hall–Kier alpha value is -2.18. The van der Waals surface area contributed by atoms with Gasteiger partial charge in [0.25, 0.3) is 5.91 Å². The third-order valence-corrected chi connectivity index (χ3v) is 4.98. The fourth-order valence-electron chi connectivity index (χ4n) is 2.23. The molecule has 0 aromatic heterocycles. The van der Waals surface area contributed by atoms with Crippen molar-refractivity contribution in [3.8, 4) is 0 Å². The summed E-state index contributed by atoms with van der Waals surface area (Å²) in [4.78, 5) is 12.1.